The number of nitrogens with zero attached hydrogens (tertiary/aromatic N) is 1. The van der Waals surface area contributed by atoms with Gasteiger partial charge in [0.05, 0.1) is 10.2 Å². The summed E-state index contributed by atoms with van der Waals surface area (Å²) in [6.07, 6.45) is 2.29. The maximum absolute atomic E-state index is 12.0. The van der Waals surface area contributed by atoms with Crippen LogP contribution in [0.3, 0.4) is 0 Å². The smallest absolute Gasteiger partial charge is 0.226 e. The first-order chi connectivity index (χ1) is 10.7. The summed E-state index contributed by atoms with van der Waals surface area (Å²) in [5.74, 6) is 0.0349. The largest absolute Gasteiger partial charge is 0.302 e. The van der Waals surface area contributed by atoms with Crippen molar-refractivity contribution in [1.82, 2.24) is 4.98 Å². The minimum atomic E-state index is 0.0349. The van der Waals surface area contributed by atoms with Gasteiger partial charge >= 0.3 is 0 Å². The number of carbonyl (C=O) groups excluding carboxylic acids is 1. The number of aryl methyl sites for hydroxylation is 2. The van der Waals surface area contributed by atoms with Gasteiger partial charge in [-0.1, -0.05) is 53.8 Å². The second-order valence-electron chi connectivity index (χ2n) is 5.33. The number of amides is 1. The highest BCUT2D eigenvalue weighted by atomic mass is 32.1. The highest BCUT2D eigenvalue weighted by Crippen LogP contribution is 2.27. The van der Waals surface area contributed by atoms with E-state index in [-0.39, 0.29) is 5.91 Å². The van der Waals surface area contributed by atoms with Crippen LogP contribution in [0.25, 0.3) is 10.2 Å². The van der Waals surface area contributed by atoms with Crippen molar-refractivity contribution in [1.29, 1.82) is 0 Å². The number of aromatic nitrogens is 1. The Bertz CT molecular complexity index is 780. The van der Waals surface area contributed by atoms with Gasteiger partial charge in [0.25, 0.3) is 0 Å². The van der Waals surface area contributed by atoms with Crippen molar-refractivity contribution in [3.63, 3.8) is 0 Å². The Balaban J connectivity index is 1.55. The third-order valence-electron chi connectivity index (χ3n) is 3.58. The van der Waals surface area contributed by atoms with Crippen LogP contribution in [0.2, 0.25) is 0 Å². The number of nitrogens with one attached hydrogen (secondary N) is 1. The van der Waals surface area contributed by atoms with Crippen molar-refractivity contribution in [2.75, 3.05) is 5.32 Å². The molecule has 0 aliphatic heterocycles. The number of para-hydroxylation sites is 1. The van der Waals surface area contributed by atoms with E-state index in [0.717, 1.165) is 28.6 Å². The summed E-state index contributed by atoms with van der Waals surface area (Å²) in [5.41, 5.74) is 3.39. The average Bonchev–Trinajstić information content (AvgIpc) is 2.92. The molecule has 1 amide bonds. The lowest BCUT2D eigenvalue weighted by molar-refractivity contribution is -0.116. The summed E-state index contributed by atoms with van der Waals surface area (Å²) >= 11 is 1.53. The van der Waals surface area contributed by atoms with Crippen LogP contribution in [0.4, 0.5) is 5.13 Å². The van der Waals surface area contributed by atoms with E-state index in [4.69, 9.17) is 0 Å². The number of rotatable bonds is 5. The Hall–Kier alpha value is -2.20. The molecular weight excluding hydrogens is 292 g/mol. The molecule has 0 atom stereocenters. The molecule has 1 heterocycles. The molecule has 3 aromatic rings. The maximum atomic E-state index is 12.0. The van der Waals surface area contributed by atoms with Gasteiger partial charge < -0.3 is 5.32 Å². The molecule has 0 aliphatic carbocycles. The molecule has 0 saturated heterocycles. The molecule has 0 fully saturated rings. The topological polar surface area (TPSA) is 42.0 Å². The Morgan fingerprint density at radius 2 is 1.95 bits per heavy atom. The third-order valence-corrected chi connectivity index (χ3v) is 4.52. The van der Waals surface area contributed by atoms with E-state index in [1.165, 1.54) is 16.9 Å². The third kappa shape index (κ3) is 3.52. The lowest BCUT2D eigenvalue weighted by Gasteiger charge is -2.02. The molecule has 1 aromatic heterocycles. The van der Waals surface area contributed by atoms with Gasteiger partial charge in [0.15, 0.2) is 5.13 Å². The fourth-order valence-electron chi connectivity index (χ4n) is 2.42. The number of anilines is 1. The maximum Gasteiger partial charge on any atom is 0.226 e. The van der Waals surface area contributed by atoms with Gasteiger partial charge in [-0.25, -0.2) is 4.98 Å². The van der Waals surface area contributed by atoms with Crippen LogP contribution in [0.15, 0.2) is 48.5 Å². The van der Waals surface area contributed by atoms with E-state index in [1.54, 1.807) is 0 Å². The molecular formula is C18H18N2OS. The summed E-state index contributed by atoms with van der Waals surface area (Å²) in [6, 6.07) is 16.3. The van der Waals surface area contributed by atoms with Crippen LogP contribution < -0.4 is 5.32 Å². The van der Waals surface area contributed by atoms with Crippen LogP contribution in [0.5, 0.6) is 0 Å². The highest BCUT2D eigenvalue weighted by molar-refractivity contribution is 7.22. The minimum Gasteiger partial charge on any atom is -0.302 e. The number of hydrogen-bond donors (Lipinski definition) is 1. The Morgan fingerprint density at radius 3 is 2.73 bits per heavy atom. The van der Waals surface area contributed by atoms with Gasteiger partial charge in [-0.2, -0.15) is 0 Å². The monoisotopic (exact) mass is 310 g/mol. The molecule has 0 aliphatic rings. The number of thiazole rings is 1. The average molecular weight is 310 g/mol. The summed E-state index contributed by atoms with van der Waals surface area (Å²) in [6.45, 7) is 2.04. The second-order valence-corrected chi connectivity index (χ2v) is 6.36. The normalized spacial score (nSPS) is 10.8. The molecule has 0 spiro atoms. The zero-order valence-electron chi connectivity index (χ0n) is 12.5. The summed E-state index contributed by atoms with van der Waals surface area (Å²) < 4.78 is 1.11. The van der Waals surface area contributed by atoms with E-state index in [2.05, 4.69) is 22.4 Å². The van der Waals surface area contributed by atoms with Gasteiger partial charge in [-0.05, 0) is 37.0 Å². The van der Waals surface area contributed by atoms with Crippen LogP contribution in [0.1, 0.15) is 24.0 Å². The van der Waals surface area contributed by atoms with Crippen molar-refractivity contribution in [3.05, 3.63) is 59.7 Å². The quantitative estimate of drug-likeness (QED) is 0.750. The molecule has 3 rings (SSSR count). The summed E-state index contributed by atoms with van der Waals surface area (Å²) in [5, 5.41) is 3.60. The van der Waals surface area contributed by atoms with E-state index in [1.807, 2.05) is 43.3 Å². The number of benzene rings is 2. The molecule has 112 valence electrons. The van der Waals surface area contributed by atoms with Crippen LogP contribution in [-0.4, -0.2) is 10.9 Å². The molecule has 0 bridgehead atoms. The van der Waals surface area contributed by atoms with Crippen LogP contribution in [-0.2, 0) is 11.2 Å². The minimum absolute atomic E-state index is 0.0349. The first kappa shape index (κ1) is 14.7. The SMILES string of the molecule is Cc1cccc2sc(NC(=O)CCCc3ccccc3)nc12. The Labute approximate surface area is 134 Å². The molecule has 1 N–H and O–H groups in total. The second kappa shape index (κ2) is 6.71. The zero-order chi connectivity index (χ0) is 15.4. The molecule has 0 saturated carbocycles. The van der Waals surface area contributed by atoms with E-state index >= 15 is 0 Å². The summed E-state index contributed by atoms with van der Waals surface area (Å²) in [7, 11) is 0. The van der Waals surface area contributed by atoms with E-state index in [0.29, 0.717) is 11.6 Å². The molecule has 0 radical (unpaired) electrons. The molecule has 3 nitrogen and oxygen atoms in total. The Morgan fingerprint density at radius 1 is 1.14 bits per heavy atom. The van der Waals surface area contributed by atoms with Gasteiger partial charge in [-0.3, -0.25) is 4.79 Å². The molecule has 2 aromatic carbocycles. The summed E-state index contributed by atoms with van der Waals surface area (Å²) in [4.78, 5) is 16.5. The van der Waals surface area contributed by atoms with Gasteiger partial charge in [0, 0.05) is 6.42 Å². The zero-order valence-corrected chi connectivity index (χ0v) is 13.3. The number of carbonyl (C=O) groups is 1. The van der Waals surface area contributed by atoms with Crippen LogP contribution in [0, 0.1) is 6.92 Å². The fourth-order valence-corrected chi connectivity index (χ4v) is 3.38. The first-order valence-corrected chi connectivity index (χ1v) is 8.24. The van der Waals surface area contributed by atoms with Crippen molar-refractivity contribution in [3.8, 4) is 0 Å². The Kier molecular flexibility index (Phi) is 4.49. The lowest BCUT2D eigenvalue weighted by atomic mass is 10.1. The lowest BCUT2D eigenvalue weighted by Crippen LogP contribution is -2.11. The predicted molar refractivity (Wildman–Crippen MR) is 92.4 cm³/mol. The van der Waals surface area contributed by atoms with Crippen LogP contribution >= 0.6 is 11.3 Å². The standard InChI is InChI=1S/C18H18N2OS/c1-13-7-5-11-15-17(13)20-18(22-15)19-16(21)12-6-10-14-8-3-2-4-9-14/h2-5,7-9,11H,6,10,12H2,1H3,(H,19,20,21). The van der Waals surface area contributed by atoms with Crippen molar-refractivity contribution < 1.29 is 4.79 Å². The van der Waals surface area contributed by atoms with Crippen molar-refractivity contribution in [2.24, 2.45) is 0 Å². The van der Waals surface area contributed by atoms with Gasteiger partial charge in [-0.15, -0.1) is 0 Å². The molecule has 4 heteroatoms. The fraction of sp³-hybridized carbons (Fsp3) is 0.222. The van der Waals surface area contributed by atoms with Gasteiger partial charge in [0.2, 0.25) is 5.91 Å². The van der Waals surface area contributed by atoms with E-state index < -0.39 is 0 Å². The van der Waals surface area contributed by atoms with Crippen molar-refractivity contribution >= 4 is 32.6 Å². The molecule has 22 heavy (non-hydrogen) atoms. The van der Waals surface area contributed by atoms with Gasteiger partial charge in [0.1, 0.15) is 0 Å². The number of fused-ring (bicyclic) bond motifs is 1. The highest BCUT2D eigenvalue weighted by Gasteiger charge is 2.09. The molecule has 0 unspecified atom stereocenters. The number of hydrogen-bond acceptors (Lipinski definition) is 3. The predicted octanol–water partition coefficient (Wildman–Crippen LogP) is 4.57. The van der Waals surface area contributed by atoms with E-state index in [9.17, 15) is 4.79 Å². The first-order valence-electron chi connectivity index (χ1n) is 7.42. The van der Waals surface area contributed by atoms with Crippen molar-refractivity contribution in [2.45, 2.75) is 26.2 Å².